The van der Waals surface area contributed by atoms with E-state index in [1.165, 1.54) is 10.7 Å². The van der Waals surface area contributed by atoms with Crippen molar-refractivity contribution in [1.82, 2.24) is 15.1 Å². The summed E-state index contributed by atoms with van der Waals surface area (Å²) in [6.45, 7) is 3.85. The summed E-state index contributed by atoms with van der Waals surface area (Å²) in [5.41, 5.74) is 1.30. The summed E-state index contributed by atoms with van der Waals surface area (Å²) in [5, 5.41) is 7.08. The summed E-state index contributed by atoms with van der Waals surface area (Å²) >= 11 is 0. The molecule has 0 spiro atoms. The maximum absolute atomic E-state index is 11.9. The average molecular weight is 285 g/mol. The summed E-state index contributed by atoms with van der Waals surface area (Å²) in [5.74, 6) is -0.204. The zero-order valence-electron chi connectivity index (χ0n) is 12.2. The zero-order valence-corrected chi connectivity index (χ0v) is 12.2. The zero-order chi connectivity index (χ0) is 15.2. The van der Waals surface area contributed by atoms with Gasteiger partial charge in [0, 0.05) is 17.7 Å². The maximum atomic E-state index is 11.9. The molecule has 1 amide bonds. The average Bonchev–Trinajstić information content (AvgIpc) is 2.50. The van der Waals surface area contributed by atoms with Gasteiger partial charge in [-0.2, -0.15) is 5.10 Å². The predicted molar refractivity (Wildman–Crippen MR) is 81.8 cm³/mol. The molecule has 0 bridgehead atoms. The lowest BCUT2D eigenvalue weighted by Gasteiger charge is -2.12. The van der Waals surface area contributed by atoms with Crippen LogP contribution in [0.4, 0.5) is 0 Å². The van der Waals surface area contributed by atoms with E-state index in [4.69, 9.17) is 0 Å². The number of nitrogens with zero attached hydrogens (tertiary/aromatic N) is 2. The normalized spacial score (nSPS) is 11.9. The van der Waals surface area contributed by atoms with E-state index >= 15 is 0 Å². The Balaban J connectivity index is 2.20. The summed E-state index contributed by atoms with van der Waals surface area (Å²) < 4.78 is 1.19. The SMILES string of the molecule is CC[C@@H](C)NC(=O)Cn1nc(-c2ccccc2)ccc1=O. The molecule has 0 saturated carbocycles. The van der Waals surface area contributed by atoms with Gasteiger partial charge in [-0.05, 0) is 19.4 Å². The molecule has 0 saturated heterocycles. The van der Waals surface area contributed by atoms with Crippen molar-refractivity contribution in [3.8, 4) is 11.3 Å². The molecule has 2 aromatic rings. The lowest BCUT2D eigenvalue weighted by molar-refractivity contribution is -0.122. The standard InChI is InChI=1S/C16H19N3O2/c1-3-12(2)17-15(20)11-19-16(21)10-9-14(18-19)13-7-5-4-6-8-13/h4-10,12H,3,11H2,1-2H3,(H,17,20)/t12-/m1/s1. The van der Waals surface area contributed by atoms with E-state index in [0.29, 0.717) is 5.69 Å². The molecule has 0 radical (unpaired) electrons. The maximum Gasteiger partial charge on any atom is 0.267 e. The van der Waals surface area contributed by atoms with E-state index in [2.05, 4.69) is 10.4 Å². The summed E-state index contributed by atoms with van der Waals surface area (Å²) in [6, 6.07) is 12.7. The van der Waals surface area contributed by atoms with E-state index in [-0.39, 0.29) is 24.1 Å². The first-order valence-corrected chi connectivity index (χ1v) is 7.03. The number of amides is 1. The Morgan fingerprint density at radius 3 is 2.62 bits per heavy atom. The number of nitrogens with one attached hydrogen (secondary N) is 1. The van der Waals surface area contributed by atoms with Crippen LogP contribution in [0.25, 0.3) is 11.3 Å². The van der Waals surface area contributed by atoms with Crippen LogP contribution in [-0.4, -0.2) is 21.7 Å². The Hall–Kier alpha value is -2.43. The highest BCUT2D eigenvalue weighted by Gasteiger charge is 2.09. The van der Waals surface area contributed by atoms with Crippen LogP contribution in [0.15, 0.2) is 47.3 Å². The minimum atomic E-state index is -0.283. The quantitative estimate of drug-likeness (QED) is 0.911. The van der Waals surface area contributed by atoms with Gasteiger partial charge in [-0.15, -0.1) is 0 Å². The molecule has 1 heterocycles. The van der Waals surface area contributed by atoms with E-state index in [1.54, 1.807) is 6.07 Å². The molecule has 21 heavy (non-hydrogen) atoms. The largest absolute Gasteiger partial charge is 0.352 e. The van der Waals surface area contributed by atoms with E-state index in [1.807, 2.05) is 44.2 Å². The number of rotatable bonds is 5. The first kappa shape index (κ1) is 15.0. The van der Waals surface area contributed by atoms with Crippen LogP contribution >= 0.6 is 0 Å². The number of hydrogen-bond acceptors (Lipinski definition) is 3. The molecule has 1 aromatic heterocycles. The van der Waals surface area contributed by atoms with Crippen molar-refractivity contribution in [3.63, 3.8) is 0 Å². The molecule has 0 aliphatic heterocycles. The fourth-order valence-corrected chi connectivity index (χ4v) is 1.88. The second kappa shape index (κ2) is 6.83. The molecule has 1 aromatic carbocycles. The molecule has 5 heteroatoms. The highest BCUT2D eigenvalue weighted by atomic mass is 16.2. The molecular formula is C16H19N3O2. The van der Waals surface area contributed by atoms with E-state index in [9.17, 15) is 9.59 Å². The van der Waals surface area contributed by atoms with Crippen LogP contribution in [0.1, 0.15) is 20.3 Å². The van der Waals surface area contributed by atoms with Crippen molar-refractivity contribution < 1.29 is 4.79 Å². The Labute approximate surface area is 123 Å². The number of hydrogen-bond donors (Lipinski definition) is 1. The number of benzene rings is 1. The topological polar surface area (TPSA) is 64.0 Å². The summed E-state index contributed by atoms with van der Waals surface area (Å²) in [6.07, 6.45) is 0.845. The lowest BCUT2D eigenvalue weighted by Crippen LogP contribution is -2.37. The van der Waals surface area contributed by atoms with Gasteiger partial charge in [0.25, 0.3) is 5.56 Å². The van der Waals surface area contributed by atoms with E-state index < -0.39 is 0 Å². The van der Waals surface area contributed by atoms with Crippen LogP contribution in [-0.2, 0) is 11.3 Å². The van der Waals surface area contributed by atoms with Crippen LogP contribution in [0.5, 0.6) is 0 Å². The van der Waals surface area contributed by atoms with Crippen molar-refractivity contribution in [2.24, 2.45) is 0 Å². The Morgan fingerprint density at radius 1 is 1.24 bits per heavy atom. The second-order valence-corrected chi connectivity index (χ2v) is 4.96. The third-order valence-electron chi connectivity index (χ3n) is 3.25. The highest BCUT2D eigenvalue weighted by Crippen LogP contribution is 2.13. The Bertz CT molecular complexity index is 665. The van der Waals surface area contributed by atoms with Crippen LogP contribution < -0.4 is 10.9 Å². The van der Waals surface area contributed by atoms with Gasteiger partial charge in [0.05, 0.1) is 5.69 Å². The molecule has 0 unspecified atom stereocenters. The summed E-state index contributed by atoms with van der Waals surface area (Å²) in [7, 11) is 0. The van der Waals surface area contributed by atoms with Crippen LogP contribution in [0.3, 0.4) is 0 Å². The first-order valence-electron chi connectivity index (χ1n) is 7.03. The van der Waals surface area contributed by atoms with E-state index in [0.717, 1.165) is 12.0 Å². The minimum absolute atomic E-state index is 0.0656. The van der Waals surface area contributed by atoms with Gasteiger partial charge in [-0.1, -0.05) is 37.3 Å². The lowest BCUT2D eigenvalue weighted by atomic mass is 10.1. The van der Waals surface area contributed by atoms with Crippen LogP contribution in [0, 0.1) is 0 Å². The second-order valence-electron chi connectivity index (χ2n) is 4.96. The number of aromatic nitrogens is 2. The van der Waals surface area contributed by atoms with Gasteiger partial charge in [0.1, 0.15) is 6.54 Å². The molecule has 0 fully saturated rings. The predicted octanol–water partition coefficient (Wildman–Crippen LogP) is 1.82. The van der Waals surface area contributed by atoms with Crippen molar-refractivity contribution in [2.75, 3.05) is 0 Å². The van der Waals surface area contributed by atoms with Gasteiger partial charge < -0.3 is 5.32 Å². The molecule has 2 rings (SSSR count). The van der Waals surface area contributed by atoms with Crippen molar-refractivity contribution in [2.45, 2.75) is 32.9 Å². The minimum Gasteiger partial charge on any atom is -0.352 e. The Kier molecular flexibility index (Phi) is 4.87. The van der Waals surface area contributed by atoms with Gasteiger partial charge in [-0.3, -0.25) is 9.59 Å². The highest BCUT2D eigenvalue weighted by molar-refractivity contribution is 5.75. The molecule has 1 N–H and O–H groups in total. The third-order valence-corrected chi connectivity index (χ3v) is 3.25. The van der Waals surface area contributed by atoms with Gasteiger partial charge in [-0.25, -0.2) is 4.68 Å². The molecule has 5 nitrogen and oxygen atoms in total. The van der Waals surface area contributed by atoms with Gasteiger partial charge >= 0.3 is 0 Å². The number of carbonyl (C=O) groups is 1. The fraction of sp³-hybridized carbons (Fsp3) is 0.312. The van der Waals surface area contributed by atoms with Gasteiger partial charge in [0.2, 0.25) is 5.91 Å². The molecule has 1 atom stereocenters. The molecule has 110 valence electrons. The smallest absolute Gasteiger partial charge is 0.267 e. The molecular weight excluding hydrogens is 266 g/mol. The van der Waals surface area contributed by atoms with Crippen molar-refractivity contribution in [1.29, 1.82) is 0 Å². The molecule has 0 aliphatic rings. The fourth-order valence-electron chi connectivity index (χ4n) is 1.88. The van der Waals surface area contributed by atoms with Crippen molar-refractivity contribution in [3.05, 3.63) is 52.8 Å². The van der Waals surface area contributed by atoms with Crippen molar-refractivity contribution >= 4 is 5.91 Å². The monoisotopic (exact) mass is 285 g/mol. The molecule has 0 aliphatic carbocycles. The Morgan fingerprint density at radius 2 is 1.95 bits per heavy atom. The van der Waals surface area contributed by atoms with Gasteiger partial charge in [0.15, 0.2) is 0 Å². The summed E-state index contributed by atoms with van der Waals surface area (Å²) in [4.78, 5) is 23.7. The first-order chi connectivity index (χ1) is 10.1. The third kappa shape index (κ3) is 4.02. The number of carbonyl (C=O) groups excluding carboxylic acids is 1. The van der Waals surface area contributed by atoms with Crippen LogP contribution in [0.2, 0.25) is 0 Å².